The number of nitrogens with zero attached hydrogens (tertiary/aromatic N) is 6. The maximum absolute atomic E-state index is 11.6. The Morgan fingerprint density at radius 3 is 2.60 bits per heavy atom. The van der Waals surface area contributed by atoms with Crippen molar-refractivity contribution < 1.29 is 17.7 Å². The predicted molar refractivity (Wildman–Crippen MR) is 133 cm³/mol. The van der Waals surface area contributed by atoms with Crippen molar-refractivity contribution in [3.8, 4) is 16.5 Å². The van der Waals surface area contributed by atoms with Gasteiger partial charge >= 0.3 is 6.01 Å². The van der Waals surface area contributed by atoms with Gasteiger partial charge in [-0.05, 0) is 43.0 Å². The topological polar surface area (TPSA) is 124 Å². The molecule has 0 aromatic carbocycles. The molecule has 0 atom stereocenters. The summed E-state index contributed by atoms with van der Waals surface area (Å²) >= 11 is 1.40. The summed E-state index contributed by atoms with van der Waals surface area (Å²) in [5.74, 6) is 1.41. The van der Waals surface area contributed by atoms with Crippen molar-refractivity contribution >= 4 is 37.5 Å². The molecule has 0 saturated carbocycles. The third-order valence-electron chi connectivity index (χ3n) is 5.92. The van der Waals surface area contributed by atoms with E-state index in [9.17, 15) is 8.42 Å². The second-order valence-corrected chi connectivity index (χ2v) is 11.9. The zero-order chi connectivity index (χ0) is 24.6. The van der Waals surface area contributed by atoms with Crippen molar-refractivity contribution in [1.82, 2.24) is 25.1 Å². The molecule has 35 heavy (non-hydrogen) atoms. The highest BCUT2D eigenvalue weighted by molar-refractivity contribution is 7.90. The highest BCUT2D eigenvalue weighted by Gasteiger charge is 2.24. The second kappa shape index (κ2) is 9.50. The average Bonchev–Trinajstić information content (AvgIpc) is 3.49. The normalized spacial score (nSPS) is 15.3. The van der Waals surface area contributed by atoms with Crippen molar-refractivity contribution in [1.29, 1.82) is 0 Å². The molecule has 0 bridgehead atoms. The lowest BCUT2D eigenvalue weighted by molar-refractivity contribution is 0.219. The van der Waals surface area contributed by atoms with Gasteiger partial charge in [0.05, 0.1) is 12.3 Å². The summed E-state index contributed by atoms with van der Waals surface area (Å²) in [6.07, 6.45) is 4.61. The number of thiazole rings is 1. The fourth-order valence-electron chi connectivity index (χ4n) is 3.84. The Hall–Kier alpha value is -3.12. The van der Waals surface area contributed by atoms with Crippen LogP contribution in [0.2, 0.25) is 0 Å². The van der Waals surface area contributed by atoms with Gasteiger partial charge in [-0.3, -0.25) is 0 Å². The van der Waals surface area contributed by atoms with Crippen LogP contribution in [0.1, 0.15) is 38.4 Å². The van der Waals surface area contributed by atoms with E-state index in [1.807, 2.05) is 26.0 Å². The summed E-state index contributed by atoms with van der Waals surface area (Å²) in [6, 6.07) is 7.54. The minimum absolute atomic E-state index is 0.0408. The molecule has 10 nitrogen and oxygen atoms in total. The molecule has 0 spiro atoms. The molecule has 1 saturated heterocycles. The fourth-order valence-corrected chi connectivity index (χ4v) is 5.20. The minimum atomic E-state index is -3.34. The van der Waals surface area contributed by atoms with E-state index in [1.54, 1.807) is 6.07 Å². The van der Waals surface area contributed by atoms with E-state index in [4.69, 9.17) is 9.26 Å². The first-order valence-electron chi connectivity index (χ1n) is 11.4. The summed E-state index contributed by atoms with van der Waals surface area (Å²) < 4.78 is 34.7. The van der Waals surface area contributed by atoms with Crippen molar-refractivity contribution in [2.75, 3.05) is 30.9 Å². The highest BCUT2D eigenvalue weighted by atomic mass is 32.2. The van der Waals surface area contributed by atoms with E-state index < -0.39 is 9.84 Å². The molecule has 0 amide bonds. The Bertz CT molecular complexity index is 1420. The summed E-state index contributed by atoms with van der Waals surface area (Å²) in [7, 11) is -3.34. The Kier molecular flexibility index (Phi) is 6.41. The SMILES string of the molecule is CC(C)c1noc(N2CCC(COc3nc4ccc(-c5ccc(S(C)(=O)=O)nc5)nc4s3)CC2)n1. The van der Waals surface area contributed by atoms with Gasteiger partial charge in [0.25, 0.3) is 5.19 Å². The zero-order valence-corrected chi connectivity index (χ0v) is 21.3. The van der Waals surface area contributed by atoms with Crippen molar-refractivity contribution in [2.45, 2.75) is 37.6 Å². The molecule has 5 heterocycles. The Labute approximate surface area is 207 Å². The third kappa shape index (κ3) is 5.27. The molecule has 0 radical (unpaired) electrons. The summed E-state index contributed by atoms with van der Waals surface area (Å²) in [5.41, 5.74) is 2.21. The highest BCUT2D eigenvalue weighted by Crippen LogP contribution is 2.30. The first kappa shape index (κ1) is 23.6. The van der Waals surface area contributed by atoms with Gasteiger partial charge in [-0.2, -0.15) is 4.98 Å². The van der Waals surface area contributed by atoms with Crippen LogP contribution in [0.15, 0.2) is 40.0 Å². The lowest BCUT2D eigenvalue weighted by atomic mass is 9.98. The number of hydrogen-bond donors (Lipinski definition) is 0. The van der Waals surface area contributed by atoms with E-state index in [1.165, 1.54) is 23.6 Å². The van der Waals surface area contributed by atoms with Crippen LogP contribution in [0.25, 0.3) is 21.6 Å². The smallest absolute Gasteiger partial charge is 0.324 e. The molecular weight excluding hydrogens is 488 g/mol. The van der Waals surface area contributed by atoms with Gasteiger partial charge < -0.3 is 14.2 Å². The van der Waals surface area contributed by atoms with Crippen LogP contribution in [0.3, 0.4) is 0 Å². The van der Waals surface area contributed by atoms with E-state index >= 15 is 0 Å². The largest absolute Gasteiger partial charge is 0.470 e. The summed E-state index contributed by atoms with van der Waals surface area (Å²) in [6.45, 7) is 6.39. The molecule has 0 aliphatic carbocycles. The molecule has 4 aromatic heterocycles. The second-order valence-electron chi connectivity index (χ2n) is 8.99. The first-order chi connectivity index (χ1) is 16.8. The minimum Gasteiger partial charge on any atom is -0.470 e. The fraction of sp³-hybridized carbons (Fsp3) is 0.435. The lowest BCUT2D eigenvalue weighted by Crippen LogP contribution is -2.35. The van der Waals surface area contributed by atoms with E-state index in [0.29, 0.717) is 29.4 Å². The molecular formula is C23H26N6O4S2. The van der Waals surface area contributed by atoms with E-state index in [0.717, 1.165) is 53.9 Å². The number of hydrogen-bond acceptors (Lipinski definition) is 11. The molecule has 0 unspecified atom stereocenters. The number of sulfone groups is 1. The molecule has 0 N–H and O–H groups in total. The van der Waals surface area contributed by atoms with Crippen LogP contribution in [0.4, 0.5) is 6.01 Å². The van der Waals surface area contributed by atoms with Gasteiger partial charge in [0.15, 0.2) is 20.7 Å². The summed E-state index contributed by atoms with van der Waals surface area (Å²) in [4.78, 5) is 20.7. The maximum Gasteiger partial charge on any atom is 0.324 e. The number of ether oxygens (including phenoxy) is 1. The Morgan fingerprint density at radius 2 is 1.94 bits per heavy atom. The molecule has 4 aromatic rings. The summed E-state index contributed by atoms with van der Waals surface area (Å²) in [5, 5.41) is 4.69. The van der Waals surface area contributed by atoms with Crippen LogP contribution < -0.4 is 9.64 Å². The molecule has 12 heteroatoms. The van der Waals surface area contributed by atoms with Gasteiger partial charge in [0.2, 0.25) is 0 Å². The number of pyridine rings is 2. The number of fused-ring (bicyclic) bond motifs is 1. The molecule has 1 fully saturated rings. The number of rotatable bonds is 7. The van der Waals surface area contributed by atoms with Crippen LogP contribution in [0, 0.1) is 5.92 Å². The van der Waals surface area contributed by atoms with E-state index in [-0.39, 0.29) is 10.9 Å². The van der Waals surface area contributed by atoms with Gasteiger partial charge in [0.1, 0.15) is 10.3 Å². The van der Waals surface area contributed by atoms with Crippen LogP contribution >= 0.6 is 11.3 Å². The monoisotopic (exact) mass is 514 g/mol. The first-order valence-corrected chi connectivity index (χ1v) is 14.1. The number of piperidine rings is 1. The van der Waals surface area contributed by atoms with Gasteiger partial charge in [-0.1, -0.05) is 30.3 Å². The number of aromatic nitrogens is 5. The van der Waals surface area contributed by atoms with Crippen molar-refractivity contribution in [3.05, 3.63) is 36.3 Å². The van der Waals surface area contributed by atoms with Gasteiger partial charge in [-0.25, -0.2) is 23.4 Å². The lowest BCUT2D eigenvalue weighted by Gasteiger charge is -2.30. The quantitative estimate of drug-likeness (QED) is 0.358. The predicted octanol–water partition coefficient (Wildman–Crippen LogP) is 3.96. The Morgan fingerprint density at radius 1 is 1.14 bits per heavy atom. The average molecular weight is 515 g/mol. The van der Waals surface area contributed by atoms with Crippen LogP contribution in [-0.4, -0.2) is 59.5 Å². The third-order valence-corrected chi connectivity index (χ3v) is 7.80. The van der Waals surface area contributed by atoms with Crippen LogP contribution in [0.5, 0.6) is 5.19 Å². The van der Waals surface area contributed by atoms with Gasteiger partial charge in [0, 0.05) is 37.0 Å². The van der Waals surface area contributed by atoms with Gasteiger partial charge in [-0.15, -0.1) is 0 Å². The number of anilines is 1. The maximum atomic E-state index is 11.6. The van der Waals surface area contributed by atoms with E-state index in [2.05, 4.69) is 30.0 Å². The zero-order valence-electron chi connectivity index (χ0n) is 19.7. The molecule has 1 aliphatic rings. The van der Waals surface area contributed by atoms with Crippen LogP contribution in [-0.2, 0) is 9.84 Å². The van der Waals surface area contributed by atoms with Crippen molar-refractivity contribution in [2.24, 2.45) is 5.92 Å². The standard InChI is InChI=1S/C23H26N6O4S2/c1-14(2)20-27-22(33-28-20)29-10-8-15(9-11-29)13-32-23-26-18-6-5-17(25-21(18)34-23)16-4-7-19(24-12-16)35(3,30)31/h4-7,12,14-15H,8-11,13H2,1-3H3. The molecule has 1 aliphatic heterocycles. The molecule has 184 valence electrons. The Balaban J connectivity index is 1.19. The molecule has 5 rings (SSSR count). The van der Waals surface area contributed by atoms with Crippen molar-refractivity contribution in [3.63, 3.8) is 0 Å².